The number of carbonyl (C=O) groups is 1. The number of nitrogens with one attached hydrogen (secondary N) is 2. The lowest BCUT2D eigenvalue weighted by atomic mass is 9.99. The highest BCUT2D eigenvalue weighted by Gasteiger charge is 2.16. The molecule has 3 aromatic rings. The van der Waals surface area contributed by atoms with Crippen LogP contribution in [0.15, 0.2) is 60.9 Å². The van der Waals surface area contributed by atoms with Gasteiger partial charge in [-0.3, -0.25) is 9.89 Å². The Balaban J connectivity index is 1.47. The van der Waals surface area contributed by atoms with Crippen LogP contribution in [0.2, 0.25) is 0 Å². The third-order valence-corrected chi connectivity index (χ3v) is 4.38. The van der Waals surface area contributed by atoms with Crippen molar-refractivity contribution in [2.24, 2.45) is 0 Å². The van der Waals surface area contributed by atoms with Crippen molar-refractivity contribution in [2.75, 3.05) is 16.8 Å². The first-order valence-electron chi connectivity index (χ1n) is 8.01. The predicted molar refractivity (Wildman–Crippen MR) is 94.2 cm³/mol. The van der Waals surface area contributed by atoms with E-state index in [9.17, 15) is 4.79 Å². The van der Waals surface area contributed by atoms with Gasteiger partial charge in [0.05, 0.1) is 11.9 Å². The lowest BCUT2D eigenvalue weighted by Crippen LogP contribution is -2.30. The monoisotopic (exact) mass is 318 g/mol. The van der Waals surface area contributed by atoms with Crippen LogP contribution in [0, 0.1) is 0 Å². The average molecular weight is 318 g/mol. The van der Waals surface area contributed by atoms with Gasteiger partial charge in [-0.1, -0.05) is 24.3 Å². The molecule has 120 valence electrons. The molecule has 5 nitrogen and oxygen atoms in total. The molecule has 0 bridgehead atoms. The highest BCUT2D eigenvalue weighted by molar-refractivity contribution is 6.04. The minimum Gasteiger partial charge on any atom is -0.367 e. The Morgan fingerprint density at radius 2 is 1.88 bits per heavy atom. The summed E-state index contributed by atoms with van der Waals surface area (Å²) in [7, 11) is 0. The van der Waals surface area contributed by atoms with Crippen molar-refractivity contribution in [3.05, 3.63) is 77.6 Å². The summed E-state index contributed by atoms with van der Waals surface area (Å²) in [6.07, 6.45) is 4.29. The van der Waals surface area contributed by atoms with E-state index in [0.717, 1.165) is 25.2 Å². The molecule has 1 amide bonds. The highest BCUT2D eigenvalue weighted by atomic mass is 16.1. The third kappa shape index (κ3) is 2.88. The zero-order valence-electron chi connectivity index (χ0n) is 13.2. The van der Waals surface area contributed by atoms with E-state index in [1.807, 2.05) is 24.3 Å². The van der Waals surface area contributed by atoms with Crippen LogP contribution in [-0.4, -0.2) is 22.6 Å². The van der Waals surface area contributed by atoms with Crippen LogP contribution < -0.4 is 10.2 Å². The molecule has 2 heterocycles. The number of carbonyl (C=O) groups excluding carboxylic acids is 1. The second-order valence-corrected chi connectivity index (χ2v) is 5.93. The lowest BCUT2D eigenvalue weighted by molar-refractivity contribution is 0.102. The molecule has 2 aromatic carbocycles. The molecule has 0 saturated carbocycles. The number of hydrogen-bond acceptors (Lipinski definition) is 3. The Hall–Kier alpha value is -3.08. The number of aromatic amines is 1. The van der Waals surface area contributed by atoms with Crippen LogP contribution in [0.5, 0.6) is 0 Å². The lowest BCUT2D eigenvalue weighted by Gasteiger charge is -2.30. The van der Waals surface area contributed by atoms with Crippen molar-refractivity contribution in [2.45, 2.75) is 13.0 Å². The molecule has 2 N–H and O–H groups in total. The normalized spacial score (nSPS) is 13.4. The summed E-state index contributed by atoms with van der Waals surface area (Å²) in [5.74, 6) is -0.132. The first kappa shape index (κ1) is 14.5. The molecule has 0 fully saturated rings. The maximum Gasteiger partial charge on any atom is 0.255 e. The quantitative estimate of drug-likeness (QED) is 0.779. The number of H-pyrrole nitrogens is 1. The fraction of sp³-hybridized carbons (Fsp3) is 0.158. The van der Waals surface area contributed by atoms with E-state index in [0.29, 0.717) is 11.3 Å². The molecule has 0 aliphatic carbocycles. The molecular weight excluding hydrogens is 300 g/mol. The van der Waals surface area contributed by atoms with Gasteiger partial charge in [-0.2, -0.15) is 5.10 Å². The van der Waals surface area contributed by atoms with Gasteiger partial charge in [-0.15, -0.1) is 0 Å². The van der Waals surface area contributed by atoms with Crippen molar-refractivity contribution < 1.29 is 4.79 Å². The van der Waals surface area contributed by atoms with Gasteiger partial charge in [0.25, 0.3) is 5.91 Å². The topological polar surface area (TPSA) is 61.0 Å². The van der Waals surface area contributed by atoms with Gasteiger partial charge >= 0.3 is 0 Å². The van der Waals surface area contributed by atoms with Gasteiger partial charge in [0.2, 0.25) is 0 Å². The van der Waals surface area contributed by atoms with E-state index < -0.39 is 0 Å². The predicted octanol–water partition coefficient (Wildman–Crippen LogP) is 3.22. The highest BCUT2D eigenvalue weighted by Crippen LogP contribution is 2.24. The van der Waals surface area contributed by atoms with Gasteiger partial charge in [0, 0.05) is 30.5 Å². The molecule has 0 unspecified atom stereocenters. The number of aromatic nitrogens is 2. The number of fused-ring (bicyclic) bond motifs is 1. The second kappa shape index (κ2) is 6.20. The van der Waals surface area contributed by atoms with Gasteiger partial charge in [0.1, 0.15) is 0 Å². The molecule has 0 radical (unpaired) electrons. The third-order valence-electron chi connectivity index (χ3n) is 4.38. The number of anilines is 2. The molecular formula is C19H18N4O. The SMILES string of the molecule is O=C(Nc1cn[nH]c1)c1ccc(N2CCc3ccccc3C2)cc1. The Morgan fingerprint density at radius 1 is 1.08 bits per heavy atom. The zero-order chi connectivity index (χ0) is 16.4. The molecule has 0 spiro atoms. The summed E-state index contributed by atoms with van der Waals surface area (Å²) in [6.45, 7) is 1.91. The number of nitrogens with zero attached hydrogens (tertiary/aromatic N) is 2. The summed E-state index contributed by atoms with van der Waals surface area (Å²) in [4.78, 5) is 14.5. The summed E-state index contributed by atoms with van der Waals surface area (Å²) >= 11 is 0. The van der Waals surface area contributed by atoms with Gasteiger partial charge in [0.15, 0.2) is 0 Å². The molecule has 0 atom stereocenters. The van der Waals surface area contributed by atoms with Gasteiger partial charge in [-0.25, -0.2) is 0 Å². The van der Waals surface area contributed by atoms with Crippen molar-refractivity contribution in [1.82, 2.24) is 10.2 Å². The Kier molecular flexibility index (Phi) is 3.75. The van der Waals surface area contributed by atoms with E-state index in [1.165, 1.54) is 11.1 Å². The van der Waals surface area contributed by atoms with Gasteiger partial charge < -0.3 is 10.2 Å². The zero-order valence-corrected chi connectivity index (χ0v) is 13.2. The average Bonchev–Trinajstić information content (AvgIpc) is 3.14. The van der Waals surface area contributed by atoms with Crippen LogP contribution in [0.3, 0.4) is 0 Å². The van der Waals surface area contributed by atoms with E-state index in [2.05, 4.69) is 44.7 Å². The van der Waals surface area contributed by atoms with Crippen molar-refractivity contribution in [1.29, 1.82) is 0 Å². The standard InChI is InChI=1S/C19H18N4O/c24-19(22-17-11-20-21-12-17)15-5-7-18(8-6-15)23-10-9-14-3-1-2-4-16(14)13-23/h1-8,11-12H,9-10,13H2,(H,20,21)(H,22,24). The number of amides is 1. The number of hydrogen-bond donors (Lipinski definition) is 2. The van der Waals surface area contributed by atoms with Crippen molar-refractivity contribution in [3.8, 4) is 0 Å². The van der Waals surface area contributed by atoms with Crippen LogP contribution in [0.25, 0.3) is 0 Å². The van der Waals surface area contributed by atoms with E-state index in [1.54, 1.807) is 12.4 Å². The van der Waals surface area contributed by atoms with Crippen LogP contribution in [0.1, 0.15) is 21.5 Å². The number of rotatable bonds is 3. The maximum absolute atomic E-state index is 12.2. The first-order valence-corrected chi connectivity index (χ1v) is 8.01. The minimum atomic E-state index is -0.132. The van der Waals surface area contributed by atoms with Crippen molar-refractivity contribution >= 4 is 17.3 Å². The molecule has 1 aliphatic heterocycles. The van der Waals surface area contributed by atoms with Crippen molar-refractivity contribution in [3.63, 3.8) is 0 Å². The summed E-state index contributed by atoms with van der Waals surface area (Å²) in [6, 6.07) is 16.3. The molecule has 5 heteroatoms. The molecule has 4 rings (SSSR count). The van der Waals surface area contributed by atoms with E-state index in [-0.39, 0.29) is 5.91 Å². The fourth-order valence-corrected chi connectivity index (χ4v) is 3.06. The number of benzene rings is 2. The second-order valence-electron chi connectivity index (χ2n) is 5.93. The smallest absolute Gasteiger partial charge is 0.255 e. The minimum absolute atomic E-state index is 0.132. The van der Waals surface area contributed by atoms with Crippen LogP contribution >= 0.6 is 0 Å². The Bertz CT molecular complexity index is 840. The van der Waals surface area contributed by atoms with Crippen LogP contribution in [-0.2, 0) is 13.0 Å². The first-order chi connectivity index (χ1) is 11.8. The van der Waals surface area contributed by atoms with Crippen LogP contribution in [0.4, 0.5) is 11.4 Å². The molecule has 1 aliphatic rings. The van der Waals surface area contributed by atoms with E-state index >= 15 is 0 Å². The van der Waals surface area contributed by atoms with E-state index in [4.69, 9.17) is 0 Å². The Labute approximate surface area is 140 Å². The fourth-order valence-electron chi connectivity index (χ4n) is 3.06. The largest absolute Gasteiger partial charge is 0.367 e. The summed E-state index contributed by atoms with van der Waals surface area (Å²) in [5.41, 5.74) is 5.26. The molecule has 1 aromatic heterocycles. The maximum atomic E-state index is 12.2. The molecule has 24 heavy (non-hydrogen) atoms. The molecule has 0 saturated heterocycles. The summed E-state index contributed by atoms with van der Waals surface area (Å²) < 4.78 is 0. The Morgan fingerprint density at radius 3 is 2.62 bits per heavy atom. The van der Waals surface area contributed by atoms with Gasteiger partial charge in [-0.05, 0) is 41.8 Å². The summed E-state index contributed by atoms with van der Waals surface area (Å²) in [5, 5.41) is 9.30.